The fraction of sp³-hybridized carbons (Fsp3) is 0.333. The molecule has 0 aromatic rings. The van der Waals surface area contributed by atoms with E-state index in [4.69, 9.17) is 0 Å². The molecule has 27 valence electrons. The van der Waals surface area contributed by atoms with Crippen LogP contribution in [-0.4, -0.2) is 21.5 Å². The normalized spacial score (nSPS) is 6.17. The van der Waals surface area contributed by atoms with Crippen LogP contribution < -0.4 is 29.6 Å². The molecular weight excluding hydrogens is 103 g/mol. The van der Waals surface area contributed by atoms with Crippen LogP contribution in [0.5, 0.6) is 0 Å². The summed E-state index contributed by atoms with van der Waals surface area (Å²) in [6.07, 6.45) is 1.72. The van der Waals surface area contributed by atoms with Crippen molar-refractivity contribution in [2.45, 2.75) is 0 Å². The molecule has 6 heavy (non-hydrogen) atoms. The van der Waals surface area contributed by atoms with Crippen molar-refractivity contribution in [1.29, 1.82) is 0 Å². The van der Waals surface area contributed by atoms with Gasteiger partial charge in [0.2, 0.25) is 0 Å². The van der Waals surface area contributed by atoms with E-state index in [0.717, 1.165) is 0 Å². The summed E-state index contributed by atoms with van der Waals surface area (Å²) in [5.74, 6) is 0. The van der Waals surface area contributed by atoms with Crippen LogP contribution in [0.4, 0.5) is 0 Å². The molecule has 0 heterocycles. The summed E-state index contributed by atoms with van der Waals surface area (Å²) in [5.41, 5.74) is 0. The van der Waals surface area contributed by atoms with Crippen LogP contribution in [0, 0.1) is 0 Å². The Kier molecular flexibility index (Phi) is 15.6. The third kappa shape index (κ3) is 8.87. The van der Waals surface area contributed by atoms with Gasteiger partial charge in [0.15, 0.2) is 0 Å². The van der Waals surface area contributed by atoms with E-state index in [1.165, 1.54) is 0 Å². The average Bonchev–Trinajstić information content (AvgIpc) is 1.41. The second-order valence-electron chi connectivity index (χ2n) is 0.629. The number of rotatable bonds is 2. The summed E-state index contributed by atoms with van der Waals surface area (Å²) < 4.78 is 3.54. The van der Waals surface area contributed by atoms with Gasteiger partial charge in [0.05, 0.1) is 0 Å². The van der Waals surface area contributed by atoms with E-state index in [0.29, 0.717) is 6.61 Å². The van der Waals surface area contributed by atoms with Gasteiger partial charge in [-0.1, -0.05) is 6.58 Å². The Balaban J connectivity index is 0. The molecule has 0 amide bonds. The Labute approximate surface area is 63.6 Å². The minimum absolute atomic E-state index is 0. The molecule has 0 aromatic heterocycles. The van der Waals surface area contributed by atoms with E-state index in [1.54, 1.807) is 6.08 Å². The van der Waals surface area contributed by atoms with Crippen molar-refractivity contribution < 1.29 is 34.0 Å². The van der Waals surface area contributed by atoms with Gasteiger partial charge in [-0.25, -0.2) is 0 Å². The topological polar surface area (TPSA) is 12.8 Å². The molecule has 3 heteroatoms. The van der Waals surface area contributed by atoms with Crippen molar-refractivity contribution >= 4 is 10.5 Å². The third-order valence-corrected chi connectivity index (χ3v) is 0.403. The predicted octanol–water partition coefficient (Wildman–Crippen LogP) is -3.21. The fourth-order valence-electron chi connectivity index (χ4n) is 0.0645. The predicted molar refractivity (Wildman–Crippen MR) is 23.0 cm³/mol. The first-order valence-electron chi connectivity index (χ1n) is 1.36. The van der Waals surface area contributed by atoms with Crippen molar-refractivity contribution in [3.05, 3.63) is 12.7 Å². The molecule has 1 nitrogen and oxygen atoms in total. The van der Waals surface area contributed by atoms with Crippen LogP contribution in [0.25, 0.3) is 0 Å². The van der Waals surface area contributed by atoms with Crippen molar-refractivity contribution in [3.63, 3.8) is 0 Å². The second kappa shape index (κ2) is 9.32. The van der Waals surface area contributed by atoms with Crippen LogP contribution in [0.1, 0.15) is 0 Å². The summed E-state index contributed by atoms with van der Waals surface area (Å²) in [6, 6.07) is 0. The van der Waals surface area contributed by atoms with Crippen LogP contribution in [0.15, 0.2) is 12.7 Å². The number of aliphatic hydroxyl groups is 1. The Hall–Kier alpha value is 0.917. The van der Waals surface area contributed by atoms with Gasteiger partial charge in [-0.3, -0.25) is 0 Å². The van der Waals surface area contributed by atoms with Gasteiger partial charge in [0, 0.05) is 0 Å². The summed E-state index contributed by atoms with van der Waals surface area (Å²) in [4.78, 5) is 0. The van der Waals surface area contributed by atoms with Crippen molar-refractivity contribution in [2.24, 2.45) is 0 Å². The monoisotopic (exact) mass is 109 g/mol. The Bertz CT molecular complexity index is 32.0. The Morgan fingerprint density at radius 2 is 2.33 bits per heavy atom. The Morgan fingerprint density at radius 1 is 1.83 bits per heavy atom. The molecule has 0 bridgehead atoms. The molecule has 0 aliphatic heterocycles. The summed E-state index contributed by atoms with van der Waals surface area (Å²) >= 11 is 0. The standard InChI is InChI=1S/C3H6OSi.Na/c1-2-3-4-5;/h2,4H,1,3H2;/q2*+1. The maximum absolute atomic E-state index is 3.54. The van der Waals surface area contributed by atoms with E-state index in [1.807, 2.05) is 0 Å². The van der Waals surface area contributed by atoms with E-state index >= 15 is 0 Å². The third-order valence-electron chi connectivity index (χ3n) is 0.220. The quantitative estimate of drug-likeness (QED) is 0.201. The van der Waals surface area contributed by atoms with Gasteiger partial charge < -0.3 is 4.43 Å². The first-order valence-corrected chi connectivity index (χ1v) is 1.80. The van der Waals surface area contributed by atoms with Crippen LogP contribution in [0.2, 0.25) is 0 Å². The molecular formula is C3H6NaOSi+2. The summed E-state index contributed by atoms with van der Waals surface area (Å²) in [6.45, 7) is 4.12. The molecule has 0 atom stereocenters. The van der Waals surface area contributed by atoms with Crippen LogP contribution in [0.3, 0.4) is 0 Å². The van der Waals surface area contributed by atoms with Gasteiger partial charge in [-0.2, -0.15) is 0 Å². The zero-order chi connectivity index (χ0) is 4.12. The van der Waals surface area contributed by atoms with Gasteiger partial charge in [0.1, 0.15) is 6.61 Å². The first kappa shape index (κ1) is 10.0. The van der Waals surface area contributed by atoms with Gasteiger partial charge >= 0.3 is 40.0 Å². The number of hydrogen-bond donors (Lipinski definition) is 0. The van der Waals surface area contributed by atoms with Gasteiger partial charge in [0.25, 0.3) is 0 Å². The molecule has 0 rings (SSSR count). The number of hydrogen-bond acceptors (Lipinski definition) is 0. The fourth-order valence-corrected chi connectivity index (χ4v) is 0.194. The Morgan fingerprint density at radius 3 is 2.33 bits per heavy atom. The van der Waals surface area contributed by atoms with E-state index in [9.17, 15) is 0 Å². The molecule has 0 saturated carbocycles. The minimum atomic E-state index is 0. The van der Waals surface area contributed by atoms with E-state index in [2.05, 4.69) is 21.5 Å². The van der Waals surface area contributed by atoms with Crippen molar-refractivity contribution in [2.75, 3.05) is 6.61 Å². The van der Waals surface area contributed by atoms with Gasteiger partial charge in [-0.15, -0.1) is 0 Å². The molecule has 0 aliphatic rings. The molecule has 0 aliphatic carbocycles. The minimum Gasteiger partial charge on any atom is -0.520 e. The largest absolute Gasteiger partial charge is 1.00 e. The first-order chi connectivity index (χ1) is 2.41. The maximum Gasteiger partial charge on any atom is 1.00 e. The molecule has 0 fully saturated rings. The van der Waals surface area contributed by atoms with Gasteiger partial charge in [-0.05, 0) is 6.08 Å². The molecule has 0 spiro atoms. The molecule has 1 N–H and O–H groups in total. The molecule has 3 radical (unpaired) electrons. The summed E-state index contributed by atoms with van der Waals surface area (Å²) in [5, 5.41) is 0. The zero-order valence-corrected chi connectivity index (χ0v) is 6.94. The van der Waals surface area contributed by atoms with Crippen molar-refractivity contribution in [1.82, 2.24) is 0 Å². The second-order valence-corrected chi connectivity index (χ2v) is 0.946. The van der Waals surface area contributed by atoms with E-state index < -0.39 is 0 Å². The molecule has 0 aromatic carbocycles. The van der Waals surface area contributed by atoms with Crippen LogP contribution >= 0.6 is 0 Å². The smallest absolute Gasteiger partial charge is 0.520 e. The molecule has 0 unspecified atom stereocenters. The van der Waals surface area contributed by atoms with Crippen LogP contribution in [-0.2, 0) is 0 Å². The zero-order valence-electron chi connectivity index (χ0n) is 3.94. The maximum atomic E-state index is 3.54. The SMILES string of the molecule is C=CC[OH+][Si].[Na+]. The molecule has 0 saturated heterocycles. The van der Waals surface area contributed by atoms with E-state index in [-0.39, 0.29) is 29.6 Å². The van der Waals surface area contributed by atoms with Crippen molar-refractivity contribution in [3.8, 4) is 0 Å². The average molecular weight is 109 g/mol. The summed E-state index contributed by atoms with van der Waals surface area (Å²) in [7, 11) is 2.90.